The maximum Gasteiger partial charge on any atom is 0.573 e. The van der Waals surface area contributed by atoms with Crippen molar-refractivity contribution < 1.29 is 45.6 Å². The van der Waals surface area contributed by atoms with Gasteiger partial charge in [0, 0.05) is 51.1 Å². The molecule has 0 aliphatic carbocycles. The number of alkyl halides is 3. The first-order valence-corrected chi connectivity index (χ1v) is 14.2. The number of piperidine rings is 1. The predicted octanol–water partition coefficient (Wildman–Crippen LogP) is 3.44. The summed E-state index contributed by atoms with van der Waals surface area (Å²) in [7, 11) is -3.98. The topological polar surface area (TPSA) is 144 Å². The number of hydrogen-bond donors (Lipinski definition) is 2. The first-order chi connectivity index (χ1) is 18.5. The van der Waals surface area contributed by atoms with E-state index in [1.54, 1.807) is 0 Å². The lowest BCUT2D eigenvalue weighted by molar-refractivity contribution is -0.274. The molecule has 1 amide bonds. The summed E-state index contributed by atoms with van der Waals surface area (Å²) in [6, 6.07) is 5.20. The molecule has 4 rings (SSSR count). The molecule has 2 aliphatic heterocycles. The van der Waals surface area contributed by atoms with Gasteiger partial charge in [-0.15, -0.1) is 13.2 Å². The van der Waals surface area contributed by atoms with E-state index in [0.29, 0.717) is 49.7 Å². The largest absolute Gasteiger partial charge is 0.573 e. The fourth-order valence-electron chi connectivity index (χ4n) is 5.08. The molecule has 2 N–H and O–H groups in total. The molecule has 0 unspecified atom stereocenters. The third-order valence-corrected chi connectivity index (χ3v) is 9.92. The zero-order valence-electron chi connectivity index (χ0n) is 21.2. The van der Waals surface area contributed by atoms with Crippen molar-refractivity contribution >= 4 is 15.9 Å². The lowest BCUT2D eigenvalue weighted by Crippen LogP contribution is -2.60. The number of aryl methyl sites for hydroxylation is 1. The minimum absolute atomic E-state index is 0.00315. The smallest absolute Gasteiger partial charge is 0.406 e. The molecular weight excluding hydrogens is 545 g/mol. The number of unbranched alkanes of at least 4 members (excludes halogenated alkanes) is 1. The molecule has 15 heteroatoms. The molecule has 216 valence electrons. The normalized spacial score (nSPS) is 19.1. The van der Waals surface area contributed by atoms with Gasteiger partial charge in [0.25, 0.3) is 5.91 Å². The third kappa shape index (κ3) is 6.88. The number of hydroxylamine groups is 1. The van der Waals surface area contributed by atoms with Gasteiger partial charge in [0.1, 0.15) is 5.75 Å². The number of sulfonamides is 1. The minimum atomic E-state index is -4.76. The predicted molar refractivity (Wildman–Crippen MR) is 130 cm³/mol. The molecule has 11 nitrogen and oxygen atoms in total. The van der Waals surface area contributed by atoms with Crippen LogP contribution in [0.25, 0.3) is 11.4 Å². The lowest BCUT2D eigenvalue weighted by atomic mass is 9.92. The van der Waals surface area contributed by atoms with E-state index >= 15 is 0 Å². The van der Waals surface area contributed by atoms with E-state index in [9.17, 15) is 31.6 Å². The number of benzene rings is 1. The van der Waals surface area contributed by atoms with Crippen molar-refractivity contribution in [2.45, 2.75) is 62.5 Å². The van der Waals surface area contributed by atoms with E-state index in [2.05, 4.69) is 14.9 Å². The van der Waals surface area contributed by atoms with Crippen LogP contribution in [0.1, 0.15) is 50.8 Å². The Morgan fingerprint density at radius 1 is 1.15 bits per heavy atom. The summed E-state index contributed by atoms with van der Waals surface area (Å²) in [6.07, 6.45) is -0.348. The van der Waals surface area contributed by atoms with Crippen LogP contribution >= 0.6 is 0 Å². The molecular formula is C24H31F3N4O7S. The molecule has 0 bridgehead atoms. The van der Waals surface area contributed by atoms with Gasteiger partial charge in [0.05, 0.1) is 0 Å². The highest BCUT2D eigenvalue weighted by atomic mass is 32.2. The van der Waals surface area contributed by atoms with Gasteiger partial charge in [-0.25, -0.2) is 18.2 Å². The van der Waals surface area contributed by atoms with Crippen LogP contribution in [0.5, 0.6) is 5.75 Å². The zero-order chi connectivity index (χ0) is 28.1. The third-order valence-electron chi connectivity index (χ3n) is 7.29. The number of carbonyl (C=O) groups is 1. The second-order valence-corrected chi connectivity index (χ2v) is 12.0. The maximum absolute atomic E-state index is 13.4. The standard InChI is InChI=1S/C24H31F3N4O7S/c25-24(26,27)37-19-7-5-18(6-8-19)21-28-20(38-30-21)4-2-1-3-17-9-13-31(14-10-17)39(34,35)23(22(32)29-33)11-15-36-16-12-23/h5-8,17,33H,1-4,9-16H2,(H,29,32). The summed E-state index contributed by atoms with van der Waals surface area (Å²) in [5, 5.41) is 13.1. The highest BCUT2D eigenvalue weighted by molar-refractivity contribution is 7.91. The first-order valence-electron chi connectivity index (χ1n) is 12.7. The molecule has 0 spiro atoms. The van der Waals surface area contributed by atoms with Crippen LogP contribution in [0.2, 0.25) is 0 Å². The van der Waals surface area contributed by atoms with Crippen molar-refractivity contribution in [1.29, 1.82) is 0 Å². The average Bonchev–Trinajstić information content (AvgIpc) is 3.39. The summed E-state index contributed by atoms with van der Waals surface area (Å²) in [4.78, 5) is 16.7. The van der Waals surface area contributed by atoms with Gasteiger partial charge in [-0.2, -0.15) is 4.98 Å². The van der Waals surface area contributed by atoms with Crippen molar-refractivity contribution in [2.75, 3.05) is 26.3 Å². The maximum atomic E-state index is 13.4. The van der Waals surface area contributed by atoms with Crippen molar-refractivity contribution in [3.8, 4) is 17.1 Å². The molecule has 2 fully saturated rings. The molecule has 0 radical (unpaired) electrons. The molecule has 1 aromatic heterocycles. The number of nitrogens with zero attached hydrogens (tertiary/aromatic N) is 3. The quantitative estimate of drug-likeness (QED) is 0.247. The molecule has 0 saturated carbocycles. The van der Waals surface area contributed by atoms with Gasteiger partial charge >= 0.3 is 6.36 Å². The Morgan fingerprint density at radius 2 is 1.82 bits per heavy atom. The number of hydrogen-bond acceptors (Lipinski definition) is 9. The fraction of sp³-hybridized carbons (Fsp3) is 0.625. The van der Waals surface area contributed by atoms with Crippen molar-refractivity contribution in [3.63, 3.8) is 0 Å². The minimum Gasteiger partial charge on any atom is -0.406 e. The van der Waals surface area contributed by atoms with E-state index in [1.807, 2.05) is 0 Å². The molecule has 2 saturated heterocycles. The first kappa shape index (κ1) is 29.2. The van der Waals surface area contributed by atoms with E-state index in [1.165, 1.54) is 34.1 Å². The Labute approximate surface area is 223 Å². The number of ether oxygens (including phenoxy) is 2. The monoisotopic (exact) mass is 576 g/mol. The van der Waals surface area contributed by atoms with Gasteiger partial charge in [0.15, 0.2) is 4.75 Å². The number of amides is 1. The summed E-state index contributed by atoms with van der Waals surface area (Å²) in [6.45, 7) is 0.893. The van der Waals surface area contributed by atoms with Crippen molar-refractivity contribution in [2.24, 2.45) is 5.92 Å². The van der Waals surface area contributed by atoms with Gasteiger partial charge in [-0.3, -0.25) is 10.0 Å². The number of rotatable bonds is 10. The van der Waals surface area contributed by atoms with E-state index in [0.717, 1.165) is 19.3 Å². The molecule has 2 aliphatic rings. The molecule has 3 heterocycles. The second kappa shape index (κ2) is 12.2. The second-order valence-electron chi connectivity index (χ2n) is 9.72. The van der Waals surface area contributed by atoms with Gasteiger partial charge < -0.3 is 14.0 Å². The highest BCUT2D eigenvalue weighted by Gasteiger charge is 2.54. The number of nitrogens with one attached hydrogen (secondary N) is 1. The fourth-order valence-corrected chi connectivity index (χ4v) is 7.23. The van der Waals surface area contributed by atoms with Gasteiger partial charge in [-0.1, -0.05) is 18.0 Å². The van der Waals surface area contributed by atoms with Crippen molar-refractivity contribution in [1.82, 2.24) is 19.9 Å². The van der Waals surface area contributed by atoms with Crippen LogP contribution in [0.15, 0.2) is 28.8 Å². The van der Waals surface area contributed by atoms with Crippen LogP contribution in [0, 0.1) is 5.92 Å². The molecule has 0 atom stereocenters. The summed E-state index contributed by atoms with van der Waals surface area (Å²) in [5.41, 5.74) is 2.04. The Hall–Kier alpha value is -2.75. The van der Waals surface area contributed by atoms with Crippen LogP contribution in [-0.2, 0) is 26.0 Å². The van der Waals surface area contributed by atoms with Gasteiger partial charge in [-0.05, 0) is 49.4 Å². The van der Waals surface area contributed by atoms with E-state index in [4.69, 9.17) is 9.26 Å². The Bertz CT molecular complexity index is 1210. The SMILES string of the molecule is O=C(NO)C1(S(=O)(=O)N2CCC(CCCCc3nc(-c4ccc(OC(F)(F)F)cc4)no3)CC2)CCOCC1. The number of halogens is 3. The Balaban J connectivity index is 1.22. The van der Waals surface area contributed by atoms with Crippen LogP contribution < -0.4 is 10.2 Å². The molecule has 1 aromatic carbocycles. The van der Waals surface area contributed by atoms with E-state index in [-0.39, 0.29) is 37.6 Å². The number of carbonyl (C=O) groups excluding carboxylic acids is 1. The highest BCUT2D eigenvalue weighted by Crippen LogP contribution is 2.35. The van der Waals surface area contributed by atoms with E-state index < -0.39 is 27.0 Å². The summed E-state index contributed by atoms with van der Waals surface area (Å²) in [5.74, 6) is -0.217. The lowest BCUT2D eigenvalue weighted by Gasteiger charge is -2.40. The average molecular weight is 577 g/mol. The Kier molecular flexibility index (Phi) is 9.14. The van der Waals surface area contributed by atoms with Crippen LogP contribution in [0.4, 0.5) is 13.2 Å². The molecule has 2 aromatic rings. The van der Waals surface area contributed by atoms with Gasteiger partial charge in [0.2, 0.25) is 21.7 Å². The summed E-state index contributed by atoms with van der Waals surface area (Å²) < 4.78 is 77.7. The van der Waals surface area contributed by atoms with Crippen LogP contribution in [0.3, 0.4) is 0 Å². The zero-order valence-corrected chi connectivity index (χ0v) is 22.0. The Morgan fingerprint density at radius 3 is 2.44 bits per heavy atom. The van der Waals surface area contributed by atoms with Crippen molar-refractivity contribution in [3.05, 3.63) is 30.2 Å². The van der Waals surface area contributed by atoms with Crippen LogP contribution in [-0.4, -0.2) is 71.4 Å². The molecule has 39 heavy (non-hydrogen) atoms. The number of aromatic nitrogens is 2. The summed E-state index contributed by atoms with van der Waals surface area (Å²) >= 11 is 0.